The van der Waals surface area contributed by atoms with Gasteiger partial charge in [-0.25, -0.2) is 9.59 Å². The Morgan fingerprint density at radius 3 is 2.94 bits per heavy atom. The Hall–Kier alpha value is -1.74. The molecule has 0 saturated carbocycles. The van der Waals surface area contributed by atoms with Crippen LogP contribution in [-0.4, -0.2) is 46.1 Å². The molecule has 2 heterocycles. The monoisotopic (exact) mass is 258 g/mol. The van der Waals surface area contributed by atoms with Crippen molar-refractivity contribution >= 4 is 28.5 Å². The van der Waals surface area contributed by atoms with E-state index in [0.717, 1.165) is 11.3 Å². The highest BCUT2D eigenvalue weighted by Gasteiger charge is 2.44. The van der Waals surface area contributed by atoms with E-state index in [0.29, 0.717) is 11.7 Å². The Morgan fingerprint density at radius 2 is 2.41 bits per heavy atom. The van der Waals surface area contributed by atoms with Gasteiger partial charge in [-0.15, -0.1) is 10.2 Å². The molecular weight excluding hydrogens is 248 g/mol. The Labute approximate surface area is 100.0 Å². The molecule has 1 aromatic heterocycles. The normalized spacial score (nSPS) is 23.3. The Bertz CT molecular complexity index is 415. The first-order valence-electron chi connectivity index (χ1n) is 4.79. The molecule has 0 bridgehead atoms. The molecule has 0 aliphatic carbocycles. The molecule has 8 nitrogen and oxygen atoms in total. The third-order valence-corrected chi connectivity index (χ3v) is 2.97. The summed E-state index contributed by atoms with van der Waals surface area (Å²) >= 11 is 1.14. The molecule has 1 fully saturated rings. The number of carbonyl (C=O) groups excluding carboxylic acids is 1. The summed E-state index contributed by atoms with van der Waals surface area (Å²) in [4.78, 5) is 22.7. The van der Waals surface area contributed by atoms with E-state index in [1.165, 1.54) is 5.51 Å². The minimum atomic E-state index is -1.35. The molecule has 9 heteroatoms. The summed E-state index contributed by atoms with van der Waals surface area (Å²) in [5, 5.41) is 21.4. The molecule has 0 aromatic carbocycles. The summed E-state index contributed by atoms with van der Waals surface area (Å²) in [7, 11) is 0. The summed E-state index contributed by atoms with van der Waals surface area (Å²) < 4.78 is 5.01. The van der Waals surface area contributed by atoms with E-state index in [9.17, 15) is 9.59 Å². The van der Waals surface area contributed by atoms with Crippen LogP contribution in [0, 0.1) is 0 Å². The van der Waals surface area contributed by atoms with Gasteiger partial charge < -0.3 is 15.2 Å². The van der Waals surface area contributed by atoms with Gasteiger partial charge in [-0.3, -0.25) is 5.32 Å². The molecular formula is C8H10N4O4S. The van der Waals surface area contributed by atoms with Crippen molar-refractivity contribution in [2.45, 2.75) is 12.0 Å². The second-order valence-electron chi connectivity index (χ2n) is 3.51. The summed E-state index contributed by atoms with van der Waals surface area (Å²) in [6, 6.07) is -0.630. The van der Waals surface area contributed by atoms with Crippen LogP contribution in [0.5, 0.6) is 0 Å². The van der Waals surface area contributed by atoms with Crippen LogP contribution in [-0.2, 0) is 9.53 Å². The van der Waals surface area contributed by atoms with Gasteiger partial charge in [-0.2, -0.15) is 0 Å². The molecule has 2 amide bonds. The molecule has 1 unspecified atom stereocenters. The molecule has 1 aliphatic rings. The third-order valence-electron chi connectivity index (χ3n) is 2.36. The molecule has 3 N–H and O–H groups in total. The molecule has 1 saturated heterocycles. The lowest BCUT2D eigenvalue weighted by Crippen LogP contribution is -2.56. The maximum Gasteiger partial charge on any atom is 0.332 e. The van der Waals surface area contributed by atoms with Crippen LogP contribution in [0.4, 0.5) is 9.93 Å². The minimum Gasteiger partial charge on any atom is -0.479 e. The number of carbonyl (C=O) groups is 2. The van der Waals surface area contributed by atoms with Crippen LogP contribution in [0.2, 0.25) is 0 Å². The number of ether oxygens (including phenoxy) is 1. The number of rotatable bonds is 3. The van der Waals surface area contributed by atoms with Crippen LogP contribution >= 0.6 is 11.3 Å². The van der Waals surface area contributed by atoms with Crippen LogP contribution in [0.25, 0.3) is 0 Å². The number of nitrogens with one attached hydrogen (secondary N) is 2. The Balaban J connectivity index is 1.99. The molecule has 92 valence electrons. The van der Waals surface area contributed by atoms with Gasteiger partial charge >= 0.3 is 12.0 Å². The number of aromatic nitrogens is 2. The Morgan fingerprint density at radius 1 is 1.59 bits per heavy atom. The molecule has 2 rings (SSSR count). The zero-order chi connectivity index (χ0) is 12.3. The van der Waals surface area contributed by atoms with Crippen molar-refractivity contribution in [2.75, 3.05) is 18.5 Å². The fourth-order valence-corrected chi connectivity index (χ4v) is 1.90. The van der Waals surface area contributed by atoms with Crippen molar-refractivity contribution in [3.8, 4) is 0 Å². The molecule has 0 radical (unpaired) electrons. The highest BCUT2D eigenvalue weighted by atomic mass is 32.1. The number of aliphatic carboxylic acids is 1. The molecule has 17 heavy (non-hydrogen) atoms. The predicted molar refractivity (Wildman–Crippen MR) is 57.9 cm³/mol. The van der Waals surface area contributed by atoms with Crippen LogP contribution in [0.15, 0.2) is 5.51 Å². The second-order valence-corrected chi connectivity index (χ2v) is 4.35. The van der Waals surface area contributed by atoms with Crippen molar-refractivity contribution in [2.24, 2.45) is 0 Å². The topological polar surface area (TPSA) is 113 Å². The van der Waals surface area contributed by atoms with Gasteiger partial charge in [0.05, 0.1) is 6.61 Å². The average molecular weight is 258 g/mol. The van der Waals surface area contributed by atoms with Crippen molar-refractivity contribution in [3.63, 3.8) is 0 Å². The van der Waals surface area contributed by atoms with Crippen LogP contribution in [0.1, 0.15) is 6.42 Å². The van der Waals surface area contributed by atoms with Gasteiger partial charge in [0.2, 0.25) is 5.13 Å². The molecule has 1 atom stereocenters. The van der Waals surface area contributed by atoms with Crippen LogP contribution in [0.3, 0.4) is 0 Å². The fraction of sp³-hybridized carbons (Fsp3) is 0.500. The number of hydrogen-bond acceptors (Lipinski definition) is 6. The maximum absolute atomic E-state index is 11.6. The predicted octanol–water partition coefficient (Wildman–Crippen LogP) is -0.0967. The maximum atomic E-state index is 11.6. The zero-order valence-electron chi connectivity index (χ0n) is 8.67. The number of nitrogens with zero attached hydrogens (tertiary/aromatic N) is 2. The molecule has 1 aliphatic heterocycles. The van der Waals surface area contributed by atoms with Gasteiger partial charge in [-0.05, 0) is 0 Å². The highest BCUT2D eigenvalue weighted by Crippen LogP contribution is 2.19. The number of anilines is 1. The summed E-state index contributed by atoms with van der Waals surface area (Å²) in [6.07, 6.45) is 0.242. The Kier molecular flexibility index (Phi) is 3.20. The fourth-order valence-electron chi connectivity index (χ4n) is 1.46. The lowest BCUT2D eigenvalue weighted by Gasteiger charge is -2.23. The summed E-state index contributed by atoms with van der Waals surface area (Å²) in [5.74, 6) is -1.11. The van der Waals surface area contributed by atoms with E-state index in [1.54, 1.807) is 0 Å². The standard InChI is InChI=1S/C8H10N4O4S/c13-5(14)8(1-2-16-3-8)11-6(15)10-7-12-9-4-17-7/h4H,1-3H2,(H,13,14)(H2,10,11,12,15). The first-order valence-corrected chi connectivity index (χ1v) is 5.67. The van der Waals surface area contributed by atoms with E-state index < -0.39 is 17.5 Å². The number of urea groups is 1. The largest absolute Gasteiger partial charge is 0.479 e. The smallest absolute Gasteiger partial charge is 0.332 e. The number of carboxylic acid groups (broad SMARTS) is 1. The SMILES string of the molecule is O=C(Nc1nncs1)NC1(C(=O)O)CCOC1. The quantitative estimate of drug-likeness (QED) is 0.698. The van der Waals surface area contributed by atoms with E-state index >= 15 is 0 Å². The van der Waals surface area contributed by atoms with E-state index in [-0.39, 0.29) is 13.0 Å². The van der Waals surface area contributed by atoms with Crippen molar-refractivity contribution in [1.82, 2.24) is 15.5 Å². The molecule has 0 spiro atoms. The van der Waals surface area contributed by atoms with Gasteiger partial charge in [-0.1, -0.05) is 11.3 Å². The van der Waals surface area contributed by atoms with Gasteiger partial charge in [0.15, 0.2) is 5.54 Å². The lowest BCUT2D eigenvalue weighted by molar-refractivity contribution is -0.144. The second kappa shape index (κ2) is 4.63. The molecule has 1 aromatic rings. The van der Waals surface area contributed by atoms with E-state index in [2.05, 4.69) is 20.8 Å². The van der Waals surface area contributed by atoms with Crippen molar-refractivity contribution < 1.29 is 19.4 Å². The van der Waals surface area contributed by atoms with E-state index in [1.807, 2.05) is 0 Å². The lowest BCUT2D eigenvalue weighted by atomic mass is 9.99. The third kappa shape index (κ3) is 2.50. The van der Waals surface area contributed by atoms with E-state index in [4.69, 9.17) is 9.84 Å². The van der Waals surface area contributed by atoms with Gasteiger partial charge in [0.1, 0.15) is 5.51 Å². The summed E-state index contributed by atoms with van der Waals surface area (Å²) in [6.45, 7) is 0.275. The zero-order valence-corrected chi connectivity index (χ0v) is 9.49. The number of amides is 2. The first-order chi connectivity index (χ1) is 8.12. The van der Waals surface area contributed by atoms with Crippen LogP contribution < -0.4 is 10.6 Å². The number of carboxylic acids is 1. The summed E-state index contributed by atoms with van der Waals surface area (Å²) in [5.41, 5.74) is 0.107. The van der Waals surface area contributed by atoms with Gasteiger partial charge in [0, 0.05) is 13.0 Å². The van der Waals surface area contributed by atoms with Crippen molar-refractivity contribution in [1.29, 1.82) is 0 Å². The first kappa shape index (κ1) is 11.7. The highest BCUT2D eigenvalue weighted by molar-refractivity contribution is 7.13. The van der Waals surface area contributed by atoms with Gasteiger partial charge in [0.25, 0.3) is 0 Å². The average Bonchev–Trinajstić information content (AvgIpc) is 2.89. The number of hydrogen-bond donors (Lipinski definition) is 3. The van der Waals surface area contributed by atoms with Crippen molar-refractivity contribution in [3.05, 3.63) is 5.51 Å². The minimum absolute atomic E-state index is 0.0358.